The van der Waals surface area contributed by atoms with Crippen molar-refractivity contribution in [2.75, 3.05) is 12.4 Å². The Kier molecular flexibility index (Phi) is 7.40. The van der Waals surface area contributed by atoms with Crippen molar-refractivity contribution < 1.29 is 19.5 Å². The number of amides is 2. The number of benzene rings is 2. The van der Waals surface area contributed by atoms with E-state index in [-0.39, 0.29) is 11.8 Å². The first-order valence-corrected chi connectivity index (χ1v) is 9.96. The Morgan fingerprint density at radius 3 is 2.50 bits per heavy atom. The first kappa shape index (κ1) is 21.3. The predicted octanol–water partition coefficient (Wildman–Crippen LogP) is 4.02. The lowest BCUT2D eigenvalue weighted by Crippen LogP contribution is -2.17. The SMILES string of the molecule is COc1ccccc1-c1ccc2c(NC(=O)CCCCCCC(=O)NO)n[nH]c2c1. The van der Waals surface area contributed by atoms with Gasteiger partial charge in [-0.2, -0.15) is 5.10 Å². The van der Waals surface area contributed by atoms with Crippen molar-refractivity contribution >= 4 is 28.5 Å². The molecule has 2 amide bonds. The third-order valence-corrected chi connectivity index (χ3v) is 4.92. The molecule has 8 heteroatoms. The summed E-state index contributed by atoms with van der Waals surface area (Å²) in [7, 11) is 1.65. The van der Waals surface area contributed by atoms with E-state index in [2.05, 4.69) is 15.5 Å². The van der Waals surface area contributed by atoms with Gasteiger partial charge in [0.15, 0.2) is 5.82 Å². The first-order chi connectivity index (χ1) is 14.6. The molecule has 0 saturated heterocycles. The number of ether oxygens (including phenoxy) is 1. The van der Waals surface area contributed by atoms with E-state index in [1.807, 2.05) is 42.5 Å². The second-order valence-corrected chi connectivity index (χ2v) is 7.03. The maximum Gasteiger partial charge on any atom is 0.243 e. The molecule has 0 radical (unpaired) electrons. The summed E-state index contributed by atoms with van der Waals surface area (Å²) < 4.78 is 5.44. The minimum absolute atomic E-state index is 0.0923. The van der Waals surface area contributed by atoms with Crippen molar-refractivity contribution in [1.82, 2.24) is 15.7 Å². The van der Waals surface area contributed by atoms with E-state index >= 15 is 0 Å². The number of unbranched alkanes of at least 4 members (excludes halogenated alkanes) is 3. The lowest BCUT2D eigenvalue weighted by Gasteiger charge is -2.08. The summed E-state index contributed by atoms with van der Waals surface area (Å²) in [5.41, 5.74) is 4.42. The molecule has 0 aliphatic heterocycles. The number of nitrogens with one attached hydrogen (secondary N) is 3. The zero-order chi connectivity index (χ0) is 21.3. The lowest BCUT2D eigenvalue weighted by molar-refractivity contribution is -0.129. The summed E-state index contributed by atoms with van der Waals surface area (Å²) in [4.78, 5) is 23.2. The van der Waals surface area contributed by atoms with Crippen LogP contribution >= 0.6 is 0 Å². The number of hydroxylamine groups is 1. The van der Waals surface area contributed by atoms with Crippen LogP contribution in [0.5, 0.6) is 5.75 Å². The maximum absolute atomic E-state index is 12.2. The van der Waals surface area contributed by atoms with Crippen molar-refractivity contribution in [3.05, 3.63) is 42.5 Å². The van der Waals surface area contributed by atoms with Crippen LogP contribution in [0.2, 0.25) is 0 Å². The molecule has 2 aromatic carbocycles. The molecular weight excluding hydrogens is 384 g/mol. The number of methoxy groups -OCH3 is 1. The molecule has 0 saturated carbocycles. The second kappa shape index (κ2) is 10.4. The fourth-order valence-corrected chi connectivity index (χ4v) is 3.34. The van der Waals surface area contributed by atoms with Gasteiger partial charge in [0.25, 0.3) is 0 Å². The van der Waals surface area contributed by atoms with E-state index in [1.54, 1.807) is 12.6 Å². The number of carbonyl (C=O) groups excluding carboxylic acids is 2. The maximum atomic E-state index is 12.2. The molecule has 8 nitrogen and oxygen atoms in total. The largest absolute Gasteiger partial charge is 0.496 e. The van der Waals surface area contributed by atoms with E-state index < -0.39 is 0 Å². The molecule has 0 unspecified atom stereocenters. The van der Waals surface area contributed by atoms with Gasteiger partial charge in [-0.15, -0.1) is 0 Å². The Morgan fingerprint density at radius 2 is 1.77 bits per heavy atom. The Bertz CT molecular complexity index is 1020. The molecule has 0 aliphatic carbocycles. The van der Waals surface area contributed by atoms with Gasteiger partial charge in [0.2, 0.25) is 11.8 Å². The summed E-state index contributed by atoms with van der Waals surface area (Å²) in [6.07, 6.45) is 3.77. The topological polar surface area (TPSA) is 116 Å². The zero-order valence-corrected chi connectivity index (χ0v) is 16.9. The summed E-state index contributed by atoms with van der Waals surface area (Å²) in [5.74, 6) is 0.834. The fourth-order valence-electron chi connectivity index (χ4n) is 3.34. The number of carbonyl (C=O) groups is 2. The van der Waals surface area contributed by atoms with Gasteiger partial charge >= 0.3 is 0 Å². The van der Waals surface area contributed by atoms with Gasteiger partial charge in [-0.05, 0) is 36.6 Å². The smallest absolute Gasteiger partial charge is 0.243 e. The van der Waals surface area contributed by atoms with Crippen LogP contribution in [0.25, 0.3) is 22.0 Å². The third kappa shape index (κ3) is 5.36. The van der Waals surface area contributed by atoms with Crippen LogP contribution in [-0.2, 0) is 9.59 Å². The number of hydrogen-bond acceptors (Lipinski definition) is 5. The molecule has 4 N–H and O–H groups in total. The molecule has 1 aromatic heterocycles. The van der Waals surface area contributed by atoms with E-state index in [0.717, 1.165) is 47.0 Å². The minimum atomic E-state index is -0.382. The average Bonchev–Trinajstić information content (AvgIpc) is 3.17. The molecule has 3 rings (SSSR count). The number of rotatable bonds is 10. The molecule has 158 valence electrons. The highest BCUT2D eigenvalue weighted by Gasteiger charge is 2.12. The third-order valence-electron chi connectivity index (χ3n) is 4.92. The quantitative estimate of drug-likeness (QED) is 0.229. The normalized spacial score (nSPS) is 10.7. The molecule has 3 aromatic rings. The highest BCUT2D eigenvalue weighted by molar-refractivity contribution is 6.00. The van der Waals surface area contributed by atoms with Gasteiger partial charge in [-0.1, -0.05) is 37.1 Å². The Balaban J connectivity index is 1.56. The van der Waals surface area contributed by atoms with Gasteiger partial charge < -0.3 is 10.1 Å². The summed E-state index contributed by atoms with van der Waals surface area (Å²) >= 11 is 0. The van der Waals surface area contributed by atoms with Gasteiger partial charge in [0.1, 0.15) is 5.75 Å². The number of nitrogens with zero attached hydrogens (tertiary/aromatic N) is 1. The standard InChI is InChI=1S/C22H26N4O4/c1-30-19-9-7-6-8-16(19)15-12-13-17-18(14-15)24-25-22(17)23-20(27)10-4-2-3-5-11-21(28)26-29/h6-9,12-14,29H,2-5,10-11H2,1H3,(H,26,28)(H2,23,24,25,27). The van der Waals surface area contributed by atoms with E-state index in [9.17, 15) is 9.59 Å². The second-order valence-electron chi connectivity index (χ2n) is 7.03. The van der Waals surface area contributed by atoms with Crippen molar-refractivity contribution in [2.45, 2.75) is 38.5 Å². The highest BCUT2D eigenvalue weighted by atomic mass is 16.5. The summed E-state index contributed by atoms with van der Waals surface area (Å²) in [6.45, 7) is 0. The summed E-state index contributed by atoms with van der Waals surface area (Å²) in [5, 5.41) is 19.4. The highest BCUT2D eigenvalue weighted by Crippen LogP contribution is 2.32. The van der Waals surface area contributed by atoms with Crippen LogP contribution in [0.1, 0.15) is 38.5 Å². The van der Waals surface area contributed by atoms with Crippen molar-refractivity contribution in [3.63, 3.8) is 0 Å². The van der Waals surface area contributed by atoms with Crippen LogP contribution in [0.3, 0.4) is 0 Å². The molecule has 0 aliphatic rings. The number of H-pyrrole nitrogens is 1. The molecule has 0 bridgehead atoms. The monoisotopic (exact) mass is 410 g/mol. The lowest BCUT2D eigenvalue weighted by atomic mass is 10.0. The number of aromatic nitrogens is 2. The van der Waals surface area contributed by atoms with Gasteiger partial charge in [-0.3, -0.25) is 19.9 Å². The Hall–Kier alpha value is -3.39. The van der Waals surface area contributed by atoms with Gasteiger partial charge in [0, 0.05) is 23.8 Å². The minimum Gasteiger partial charge on any atom is -0.496 e. The van der Waals surface area contributed by atoms with Crippen LogP contribution < -0.4 is 15.5 Å². The van der Waals surface area contributed by atoms with Crippen LogP contribution in [0, 0.1) is 0 Å². The molecule has 0 fully saturated rings. The number of hydrogen-bond donors (Lipinski definition) is 4. The Morgan fingerprint density at radius 1 is 1.03 bits per heavy atom. The fraction of sp³-hybridized carbons (Fsp3) is 0.318. The molecule has 30 heavy (non-hydrogen) atoms. The molecule has 0 spiro atoms. The number of aromatic amines is 1. The molecule has 1 heterocycles. The molecular formula is C22H26N4O4. The first-order valence-electron chi connectivity index (χ1n) is 9.96. The van der Waals surface area contributed by atoms with Gasteiger partial charge in [-0.25, -0.2) is 5.48 Å². The van der Waals surface area contributed by atoms with Crippen molar-refractivity contribution in [2.24, 2.45) is 0 Å². The van der Waals surface area contributed by atoms with Crippen LogP contribution in [0.15, 0.2) is 42.5 Å². The number of para-hydroxylation sites is 1. The Labute approximate surface area is 174 Å². The number of anilines is 1. The predicted molar refractivity (Wildman–Crippen MR) is 114 cm³/mol. The van der Waals surface area contributed by atoms with Gasteiger partial charge in [0.05, 0.1) is 12.6 Å². The van der Waals surface area contributed by atoms with E-state index in [4.69, 9.17) is 9.94 Å². The zero-order valence-electron chi connectivity index (χ0n) is 16.9. The van der Waals surface area contributed by atoms with E-state index in [0.29, 0.717) is 25.1 Å². The number of fused-ring (bicyclic) bond motifs is 1. The summed E-state index contributed by atoms with van der Waals surface area (Å²) in [6, 6.07) is 13.7. The van der Waals surface area contributed by atoms with Crippen molar-refractivity contribution in [3.8, 4) is 16.9 Å². The van der Waals surface area contributed by atoms with Crippen LogP contribution in [0.4, 0.5) is 5.82 Å². The average molecular weight is 410 g/mol. The van der Waals surface area contributed by atoms with E-state index in [1.165, 1.54) is 0 Å². The van der Waals surface area contributed by atoms with Crippen molar-refractivity contribution in [1.29, 1.82) is 0 Å². The molecule has 0 atom stereocenters. The van der Waals surface area contributed by atoms with Crippen LogP contribution in [-0.4, -0.2) is 34.3 Å².